The fourth-order valence-electron chi connectivity index (χ4n) is 2.38. The van der Waals surface area contributed by atoms with E-state index in [0.29, 0.717) is 12.2 Å². The van der Waals surface area contributed by atoms with Gasteiger partial charge >= 0.3 is 7.12 Å². The molecule has 3 nitrogen and oxygen atoms in total. The first-order chi connectivity index (χ1) is 11.1. The molecular weight excluding hydrogens is 294 g/mol. The fourth-order valence-corrected chi connectivity index (χ4v) is 2.38. The molecule has 0 saturated heterocycles. The van der Waals surface area contributed by atoms with Crippen molar-refractivity contribution >= 4 is 12.6 Å². The molecule has 0 bridgehead atoms. The standard InChI is InChI=1S/C18H22BFO3/c1-2-3-4-5-12-23-16-9-6-14(7-10-16)15-8-11-17(19(21)22)18(20)13-15/h6-11,13,21-22H,2-5,12H2,1H3. The number of benzene rings is 2. The molecule has 23 heavy (non-hydrogen) atoms. The molecule has 0 heterocycles. The van der Waals surface area contributed by atoms with Crippen molar-refractivity contribution in [3.63, 3.8) is 0 Å². The first-order valence-corrected chi connectivity index (χ1v) is 8.00. The predicted octanol–water partition coefficient (Wildman–Crippen LogP) is 3.13. The Labute approximate surface area is 136 Å². The van der Waals surface area contributed by atoms with E-state index >= 15 is 0 Å². The van der Waals surface area contributed by atoms with Crippen LogP contribution in [0.4, 0.5) is 4.39 Å². The molecule has 0 aliphatic heterocycles. The molecule has 0 saturated carbocycles. The smallest absolute Gasteiger partial charge is 0.491 e. The maximum Gasteiger partial charge on any atom is 0.491 e. The molecule has 122 valence electrons. The number of rotatable bonds is 8. The monoisotopic (exact) mass is 316 g/mol. The highest BCUT2D eigenvalue weighted by Gasteiger charge is 2.16. The molecular formula is C18H22BFO3. The summed E-state index contributed by atoms with van der Waals surface area (Å²) in [5, 5.41) is 18.1. The predicted molar refractivity (Wildman–Crippen MR) is 91.3 cm³/mol. The highest BCUT2D eigenvalue weighted by molar-refractivity contribution is 6.58. The van der Waals surface area contributed by atoms with E-state index in [0.717, 1.165) is 17.7 Å². The van der Waals surface area contributed by atoms with Crippen LogP contribution >= 0.6 is 0 Å². The van der Waals surface area contributed by atoms with Crippen molar-refractivity contribution in [2.45, 2.75) is 32.6 Å². The molecule has 0 spiro atoms. The normalized spacial score (nSPS) is 10.6. The van der Waals surface area contributed by atoms with Crippen molar-refractivity contribution in [1.82, 2.24) is 0 Å². The number of hydrogen-bond acceptors (Lipinski definition) is 3. The van der Waals surface area contributed by atoms with Gasteiger partial charge in [0.1, 0.15) is 11.6 Å². The van der Waals surface area contributed by atoms with Gasteiger partial charge in [-0.2, -0.15) is 0 Å². The van der Waals surface area contributed by atoms with E-state index < -0.39 is 12.9 Å². The van der Waals surface area contributed by atoms with Crippen LogP contribution in [0, 0.1) is 5.82 Å². The van der Waals surface area contributed by atoms with Gasteiger partial charge in [-0.25, -0.2) is 4.39 Å². The molecule has 2 aromatic rings. The minimum absolute atomic E-state index is 0.124. The van der Waals surface area contributed by atoms with Crippen LogP contribution in [0.5, 0.6) is 5.75 Å². The summed E-state index contributed by atoms with van der Waals surface area (Å²) in [6.07, 6.45) is 4.66. The molecule has 2 aromatic carbocycles. The third-order valence-corrected chi connectivity index (χ3v) is 3.73. The SMILES string of the molecule is CCCCCCOc1ccc(-c2ccc(B(O)O)c(F)c2)cc1. The van der Waals surface area contributed by atoms with Crippen LogP contribution in [0.15, 0.2) is 42.5 Å². The summed E-state index contributed by atoms with van der Waals surface area (Å²) in [5.41, 5.74) is 1.41. The second-order valence-electron chi connectivity index (χ2n) is 5.54. The topological polar surface area (TPSA) is 49.7 Å². The van der Waals surface area contributed by atoms with Gasteiger partial charge in [0.05, 0.1) is 6.61 Å². The van der Waals surface area contributed by atoms with Crippen LogP contribution in [-0.2, 0) is 0 Å². The van der Waals surface area contributed by atoms with E-state index in [9.17, 15) is 4.39 Å². The van der Waals surface area contributed by atoms with Crippen molar-refractivity contribution in [2.24, 2.45) is 0 Å². The zero-order chi connectivity index (χ0) is 16.7. The lowest BCUT2D eigenvalue weighted by atomic mass is 9.79. The first-order valence-electron chi connectivity index (χ1n) is 8.00. The Morgan fingerprint density at radius 2 is 1.65 bits per heavy atom. The minimum Gasteiger partial charge on any atom is -0.494 e. The van der Waals surface area contributed by atoms with Gasteiger partial charge in [0, 0.05) is 5.46 Å². The van der Waals surface area contributed by atoms with Crippen LogP contribution in [0.3, 0.4) is 0 Å². The molecule has 5 heteroatoms. The first kappa shape index (κ1) is 17.5. The van der Waals surface area contributed by atoms with E-state index in [1.165, 1.54) is 31.4 Å². The van der Waals surface area contributed by atoms with E-state index in [2.05, 4.69) is 6.92 Å². The summed E-state index contributed by atoms with van der Waals surface area (Å²) in [4.78, 5) is 0. The Hall–Kier alpha value is -1.85. The van der Waals surface area contributed by atoms with Gasteiger partial charge in [0.25, 0.3) is 0 Å². The third-order valence-electron chi connectivity index (χ3n) is 3.73. The maximum absolute atomic E-state index is 13.8. The van der Waals surface area contributed by atoms with Crippen molar-refractivity contribution in [2.75, 3.05) is 6.61 Å². The Kier molecular flexibility index (Phi) is 6.62. The van der Waals surface area contributed by atoms with E-state index in [1.54, 1.807) is 6.07 Å². The third kappa shape index (κ3) is 5.08. The van der Waals surface area contributed by atoms with Crippen molar-refractivity contribution in [3.8, 4) is 16.9 Å². The minimum atomic E-state index is -1.80. The maximum atomic E-state index is 13.8. The highest BCUT2D eigenvalue weighted by atomic mass is 19.1. The second kappa shape index (κ2) is 8.70. The van der Waals surface area contributed by atoms with Crippen LogP contribution < -0.4 is 10.2 Å². The van der Waals surface area contributed by atoms with Gasteiger partial charge in [0.2, 0.25) is 0 Å². The zero-order valence-corrected chi connectivity index (χ0v) is 13.3. The van der Waals surface area contributed by atoms with Crippen LogP contribution in [0.25, 0.3) is 11.1 Å². The summed E-state index contributed by atoms with van der Waals surface area (Å²) in [6, 6.07) is 11.8. The van der Waals surface area contributed by atoms with Gasteiger partial charge in [-0.15, -0.1) is 0 Å². The highest BCUT2D eigenvalue weighted by Crippen LogP contribution is 2.23. The molecule has 2 N–H and O–H groups in total. The number of ether oxygens (including phenoxy) is 1. The van der Waals surface area contributed by atoms with Gasteiger partial charge in [-0.3, -0.25) is 0 Å². The molecule has 0 fully saturated rings. The summed E-state index contributed by atoms with van der Waals surface area (Å²) in [7, 11) is -1.80. The Balaban J connectivity index is 1.98. The summed E-state index contributed by atoms with van der Waals surface area (Å²) in [5.74, 6) is 0.168. The average molecular weight is 316 g/mol. The molecule has 0 amide bonds. The summed E-state index contributed by atoms with van der Waals surface area (Å²) in [6.45, 7) is 2.88. The molecule has 2 rings (SSSR count). The molecule has 0 unspecified atom stereocenters. The molecule has 0 atom stereocenters. The summed E-state index contributed by atoms with van der Waals surface area (Å²) < 4.78 is 19.5. The van der Waals surface area contributed by atoms with Crippen LogP contribution in [0.1, 0.15) is 32.6 Å². The lowest BCUT2D eigenvalue weighted by Crippen LogP contribution is -2.32. The Morgan fingerprint density at radius 1 is 0.957 bits per heavy atom. The van der Waals surface area contributed by atoms with Crippen molar-refractivity contribution in [3.05, 3.63) is 48.3 Å². The van der Waals surface area contributed by atoms with E-state index in [-0.39, 0.29) is 5.46 Å². The van der Waals surface area contributed by atoms with Crippen LogP contribution in [0.2, 0.25) is 0 Å². The second-order valence-corrected chi connectivity index (χ2v) is 5.54. The molecule has 0 aliphatic carbocycles. The lowest BCUT2D eigenvalue weighted by molar-refractivity contribution is 0.305. The van der Waals surface area contributed by atoms with E-state index in [1.807, 2.05) is 24.3 Å². The Bertz CT molecular complexity index is 614. The van der Waals surface area contributed by atoms with E-state index in [4.69, 9.17) is 14.8 Å². The summed E-state index contributed by atoms with van der Waals surface area (Å²) >= 11 is 0. The largest absolute Gasteiger partial charge is 0.494 e. The molecule has 0 aliphatic rings. The van der Waals surface area contributed by atoms with Gasteiger partial charge in [-0.05, 0) is 35.7 Å². The quantitative estimate of drug-likeness (QED) is 0.581. The lowest BCUT2D eigenvalue weighted by Gasteiger charge is -2.08. The van der Waals surface area contributed by atoms with Crippen molar-refractivity contribution < 1.29 is 19.2 Å². The zero-order valence-electron chi connectivity index (χ0n) is 13.3. The molecule has 0 aromatic heterocycles. The number of unbranched alkanes of at least 4 members (excludes halogenated alkanes) is 3. The number of hydrogen-bond donors (Lipinski definition) is 2. The van der Waals surface area contributed by atoms with Gasteiger partial charge < -0.3 is 14.8 Å². The van der Waals surface area contributed by atoms with Crippen molar-refractivity contribution in [1.29, 1.82) is 0 Å². The van der Waals surface area contributed by atoms with Crippen LogP contribution in [-0.4, -0.2) is 23.8 Å². The van der Waals surface area contributed by atoms with Gasteiger partial charge in [-0.1, -0.05) is 50.5 Å². The molecule has 0 radical (unpaired) electrons. The van der Waals surface area contributed by atoms with Gasteiger partial charge in [0.15, 0.2) is 0 Å². The number of halogens is 1. The average Bonchev–Trinajstić information content (AvgIpc) is 2.55. The Morgan fingerprint density at radius 3 is 2.26 bits per heavy atom. The fraction of sp³-hybridized carbons (Fsp3) is 0.333.